The fraction of sp³-hybridized carbons (Fsp3) is 0.647. The van der Waals surface area contributed by atoms with E-state index in [2.05, 4.69) is 72.0 Å². The number of hydrogen-bond donors (Lipinski definition) is 1. The van der Waals surface area contributed by atoms with Crippen LogP contribution in [-0.4, -0.2) is 19.6 Å². The number of benzene rings is 1. The van der Waals surface area contributed by atoms with Crippen molar-refractivity contribution in [2.24, 2.45) is 0 Å². The first-order valence-corrected chi connectivity index (χ1v) is 8.71. The summed E-state index contributed by atoms with van der Waals surface area (Å²) in [5, 5.41) is 3.61. The maximum absolute atomic E-state index is 3.62. The van der Waals surface area contributed by atoms with E-state index in [9.17, 15) is 0 Å². The van der Waals surface area contributed by atoms with E-state index in [-0.39, 0.29) is 0 Å². The zero-order chi connectivity index (χ0) is 15.0. The van der Waals surface area contributed by atoms with Crippen molar-refractivity contribution in [2.45, 2.75) is 53.0 Å². The summed E-state index contributed by atoms with van der Waals surface area (Å²) in [6, 6.07) is 7.07. The second-order valence-electron chi connectivity index (χ2n) is 5.37. The van der Waals surface area contributed by atoms with E-state index < -0.39 is 0 Å². The topological polar surface area (TPSA) is 15.3 Å². The van der Waals surface area contributed by atoms with E-state index in [0.717, 1.165) is 24.1 Å². The van der Waals surface area contributed by atoms with Gasteiger partial charge < -0.3 is 10.2 Å². The Bertz CT molecular complexity index is 387. The van der Waals surface area contributed by atoms with Crippen LogP contribution in [0.4, 0.5) is 5.69 Å². The smallest absolute Gasteiger partial charge is 0.0425 e. The van der Waals surface area contributed by atoms with Gasteiger partial charge in [0.25, 0.3) is 0 Å². The SMILES string of the molecule is CCCNC(C)c1ccc(Br)cc1N(CCC)CCC. The first-order valence-electron chi connectivity index (χ1n) is 7.91. The monoisotopic (exact) mass is 340 g/mol. The van der Waals surface area contributed by atoms with E-state index in [0.29, 0.717) is 6.04 Å². The van der Waals surface area contributed by atoms with Gasteiger partial charge in [-0.3, -0.25) is 0 Å². The Morgan fingerprint density at radius 2 is 1.75 bits per heavy atom. The van der Waals surface area contributed by atoms with Gasteiger partial charge in [0.2, 0.25) is 0 Å². The lowest BCUT2D eigenvalue weighted by Gasteiger charge is -2.29. The predicted octanol–water partition coefficient (Wildman–Crippen LogP) is 5.14. The van der Waals surface area contributed by atoms with Crippen LogP contribution in [0, 0.1) is 0 Å². The molecule has 1 N–H and O–H groups in total. The number of rotatable bonds is 9. The minimum Gasteiger partial charge on any atom is -0.371 e. The molecule has 0 aliphatic rings. The van der Waals surface area contributed by atoms with Crippen molar-refractivity contribution in [1.82, 2.24) is 5.32 Å². The minimum absolute atomic E-state index is 0.397. The largest absolute Gasteiger partial charge is 0.371 e. The summed E-state index contributed by atoms with van der Waals surface area (Å²) >= 11 is 3.62. The lowest BCUT2D eigenvalue weighted by molar-refractivity contribution is 0.568. The number of halogens is 1. The third-order valence-electron chi connectivity index (χ3n) is 3.49. The van der Waals surface area contributed by atoms with Gasteiger partial charge in [0.1, 0.15) is 0 Å². The normalized spacial score (nSPS) is 12.4. The predicted molar refractivity (Wildman–Crippen MR) is 93.6 cm³/mol. The van der Waals surface area contributed by atoms with Crippen molar-refractivity contribution in [3.63, 3.8) is 0 Å². The fourth-order valence-corrected chi connectivity index (χ4v) is 2.87. The minimum atomic E-state index is 0.397. The average molecular weight is 341 g/mol. The highest BCUT2D eigenvalue weighted by Crippen LogP contribution is 2.30. The zero-order valence-electron chi connectivity index (χ0n) is 13.4. The summed E-state index contributed by atoms with van der Waals surface area (Å²) in [6.45, 7) is 12.3. The highest BCUT2D eigenvalue weighted by molar-refractivity contribution is 9.10. The Balaban J connectivity index is 3.03. The Kier molecular flexibility index (Phi) is 8.24. The van der Waals surface area contributed by atoms with Crippen LogP contribution in [-0.2, 0) is 0 Å². The second kappa shape index (κ2) is 9.41. The molecule has 0 radical (unpaired) electrons. The van der Waals surface area contributed by atoms with E-state index >= 15 is 0 Å². The molecule has 0 heterocycles. The number of nitrogens with zero attached hydrogens (tertiary/aromatic N) is 1. The molecule has 0 aliphatic heterocycles. The Morgan fingerprint density at radius 1 is 1.10 bits per heavy atom. The van der Waals surface area contributed by atoms with Crippen molar-refractivity contribution in [3.8, 4) is 0 Å². The van der Waals surface area contributed by atoms with Crippen molar-refractivity contribution >= 4 is 21.6 Å². The van der Waals surface area contributed by atoms with E-state index in [1.165, 1.54) is 30.5 Å². The maximum Gasteiger partial charge on any atom is 0.0425 e. The fourth-order valence-electron chi connectivity index (χ4n) is 2.52. The summed E-state index contributed by atoms with van der Waals surface area (Å²) in [5.74, 6) is 0. The van der Waals surface area contributed by atoms with Gasteiger partial charge in [-0.15, -0.1) is 0 Å². The summed E-state index contributed by atoms with van der Waals surface area (Å²) < 4.78 is 1.16. The van der Waals surface area contributed by atoms with Crippen LogP contribution in [0.2, 0.25) is 0 Å². The van der Waals surface area contributed by atoms with Crippen molar-refractivity contribution < 1.29 is 0 Å². The Morgan fingerprint density at radius 3 is 2.30 bits per heavy atom. The molecule has 114 valence electrons. The van der Waals surface area contributed by atoms with Gasteiger partial charge in [0.15, 0.2) is 0 Å². The summed E-state index contributed by atoms with van der Waals surface area (Å²) in [7, 11) is 0. The van der Waals surface area contributed by atoms with Crippen LogP contribution >= 0.6 is 15.9 Å². The quantitative estimate of drug-likeness (QED) is 0.669. The van der Waals surface area contributed by atoms with Crippen LogP contribution in [0.1, 0.15) is 58.6 Å². The van der Waals surface area contributed by atoms with Crippen molar-refractivity contribution in [2.75, 3.05) is 24.5 Å². The van der Waals surface area contributed by atoms with E-state index in [4.69, 9.17) is 0 Å². The molecule has 0 aromatic heterocycles. The Labute approximate surface area is 133 Å². The van der Waals surface area contributed by atoms with E-state index in [1.54, 1.807) is 0 Å². The molecule has 1 atom stereocenters. The second-order valence-corrected chi connectivity index (χ2v) is 6.28. The van der Waals surface area contributed by atoms with Crippen LogP contribution in [0.3, 0.4) is 0 Å². The van der Waals surface area contributed by atoms with Gasteiger partial charge in [0.05, 0.1) is 0 Å². The van der Waals surface area contributed by atoms with Gasteiger partial charge in [0, 0.05) is 29.3 Å². The van der Waals surface area contributed by atoms with Crippen LogP contribution < -0.4 is 10.2 Å². The molecule has 1 aromatic carbocycles. The maximum atomic E-state index is 3.62. The van der Waals surface area contributed by atoms with Crippen LogP contribution in [0.25, 0.3) is 0 Å². The van der Waals surface area contributed by atoms with Crippen molar-refractivity contribution in [3.05, 3.63) is 28.2 Å². The molecule has 0 aliphatic carbocycles. The first-order chi connectivity index (χ1) is 9.63. The molecule has 0 bridgehead atoms. The molecular weight excluding hydrogens is 312 g/mol. The van der Waals surface area contributed by atoms with Gasteiger partial charge >= 0.3 is 0 Å². The summed E-state index contributed by atoms with van der Waals surface area (Å²) in [6.07, 6.45) is 3.54. The van der Waals surface area contributed by atoms with Gasteiger partial charge in [-0.25, -0.2) is 0 Å². The lowest BCUT2D eigenvalue weighted by atomic mass is 10.0. The third-order valence-corrected chi connectivity index (χ3v) is 3.98. The number of hydrogen-bond acceptors (Lipinski definition) is 2. The van der Waals surface area contributed by atoms with Crippen LogP contribution in [0.15, 0.2) is 22.7 Å². The van der Waals surface area contributed by atoms with Gasteiger partial charge in [-0.05, 0) is 50.4 Å². The lowest BCUT2D eigenvalue weighted by Crippen LogP contribution is -2.28. The molecule has 0 saturated carbocycles. The molecule has 1 rings (SSSR count). The average Bonchev–Trinajstić information content (AvgIpc) is 2.44. The standard InChI is InChI=1S/C17H29BrN2/c1-5-10-19-14(4)16-9-8-15(18)13-17(16)20(11-6-2)12-7-3/h8-9,13-14,19H,5-7,10-12H2,1-4H3. The molecular formula is C17H29BrN2. The van der Waals surface area contributed by atoms with Gasteiger partial charge in [-0.1, -0.05) is 42.8 Å². The molecule has 0 spiro atoms. The number of anilines is 1. The molecule has 20 heavy (non-hydrogen) atoms. The Hall–Kier alpha value is -0.540. The molecule has 0 saturated heterocycles. The van der Waals surface area contributed by atoms with Crippen molar-refractivity contribution in [1.29, 1.82) is 0 Å². The van der Waals surface area contributed by atoms with Gasteiger partial charge in [-0.2, -0.15) is 0 Å². The molecule has 0 amide bonds. The molecule has 2 nitrogen and oxygen atoms in total. The molecule has 1 unspecified atom stereocenters. The first kappa shape index (κ1) is 17.5. The third kappa shape index (κ3) is 5.10. The number of nitrogens with one attached hydrogen (secondary N) is 1. The highest BCUT2D eigenvalue weighted by Gasteiger charge is 2.15. The molecule has 1 aromatic rings. The summed E-state index contributed by atoms with van der Waals surface area (Å²) in [4.78, 5) is 2.52. The molecule has 0 fully saturated rings. The van der Waals surface area contributed by atoms with E-state index in [1.807, 2.05) is 0 Å². The molecule has 3 heteroatoms. The van der Waals surface area contributed by atoms with Crippen LogP contribution in [0.5, 0.6) is 0 Å². The summed E-state index contributed by atoms with van der Waals surface area (Å²) in [5.41, 5.74) is 2.78. The zero-order valence-corrected chi connectivity index (χ0v) is 15.0. The highest BCUT2D eigenvalue weighted by atomic mass is 79.9.